The predicted molar refractivity (Wildman–Crippen MR) is 92.7 cm³/mol. The zero-order chi connectivity index (χ0) is 14.9. The number of aromatic nitrogens is 1. The summed E-state index contributed by atoms with van der Waals surface area (Å²) in [6.07, 6.45) is 10.2. The van der Waals surface area contributed by atoms with Crippen LogP contribution < -0.4 is 5.32 Å². The van der Waals surface area contributed by atoms with Crippen molar-refractivity contribution in [3.8, 4) is 0 Å². The van der Waals surface area contributed by atoms with Crippen LogP contribution in [0.4, 0.5) is 0 Å². The second kappa shape index (κ2) is 8.89. The quantitative estimate of drug-likeness (QED) is 0.600. The Balaban J connectivity index is 2.03. The second-order valence-corrected chi connectivity index (χ2v) is 5.96. The molecule has 0 aliphatic rings. The molecule has 1 N–H and O–H groups in total. The number of unbranched alkanes of at least 4 members (excludes halogenated alkanes) is 4. The number of para-hydroxylation sites is 1. The summed E-state index contributed by atoms with van der Waals surface area (Å²) in [6, 6.07) is 8.82. The summed E-state index contributed by atoms with van der Waals surface area (Å²) in [4.78, 5) is 0. The molecule has 0 radical (unpaired) electrons. The lowest BCUT2D eigenvalue weighted by Crippen LogP contribution is -2.14. The summed E-state index contributed by atoms with van der Waals surface area (Å²) < 4.78 is 2.45. The van der Waals surface area contributed by atoms with E-state index in [0.29, 0.717) is 0 Å². The van der Waals surface area contributed by atoms with Crippen molar-refractivity contribution in [1.82, 2.24) is 9.88 Å². The van der Waals surface area contributed by atoms with E-state index >= 15 is 0 Å². The molecule has 116 valence electrons. The summed E-state index contributed by atoms with van der Waals surface area (Å²) in [5.74, 6) is 0. The number of hydrogen-bond donors (Lipinski definition) is 1. The fraction of sp³-hybridized carbons (Fsp3) is 0.579. The van der Waals surface area contributed by atoms with Gasteiger partial charge in [-0.3, -0.25) is 0 Å². The smallest absolute Gasteiger partial charge is 0.0483 e. The fourth-order valence-electron chi connectivity index (χ4n) is 2.88. The first-order chi connectivity index (χ1) is 10.4. The Morgan fingerprint density at radius 2 is 1.76 bits per heavy atom. The monoisotopic (exact) mass is 286 g/mol. The fourth-order valence-corrected chi connectivity index (χ4v) is 2.88. The number of aryl methyl sites for hydroxylation is 1. The number of nitrogens with zero attached hydrogens (tertiary/aromatic N) is 1. The van der Waals surface area contributed by atoms with Crippen molar-refractivity contribution < 1.29 is 0 Å². The molecule has 0 bridgehead atoms. The van der Waals surface area contributed by atoms with Crippen LogP contribution in [0.2, 0.25) is 0 Å². The largest absolute Gasteiger partial charge is 0.347 e. The standard InChI is InChI=1S/C19H30N2/c1-3-5-7-10-14-21-16-17(15-20-13-6-4-2)18-11-8-9-12-19(18)21/h8-9,11-12,16,20H,3-7,10,13-15H2,1-2H3. The van der Waals surface area contributed by atoms with Gasteiger partial charge in [-0.2, -0.15) is 0 Å². The van der Waals surface area contributed by atoms with Crippen molar-refractivity contribution in [2.24, 2.45) is 0 Å². The molecule has 0 aliphatic carbocycles. The Hall–Kier alpha value is -1.28. The van der Waals surface area contributed by atoms with Crippen LogP contribution in [0.15, 0.2) is 30.5 Å². The highest BCUT2D eigenvalue weighted by atomic mass is 15.0. The van der Waals surface area contributed by atoms with Crippen LogP contribution in [-0.2, 0) is 13.1 Å². The van der Waals surface area contributed by atoms with E-state index in [1.807, 2.05) is 0 Å². The predicted octanol–water partition coefficient (Wildman–Crippen LogP) is 5.11. The van der Waals surface area contributed by atoms with E-state index < -0.39 is 0 Å². The van der Waals surface area contributed by atoms with Crippen LogP contribution in [0.3, 0.4) is 0 Å². The normalized spacial score (nSPS) is 11.3. The summed E-state index contributed by atoms with van der Waals surface area (Å²) in [6.45, 7) is 7.76. The minimum absolute atomic E-state index is 0.989. The minimum atomic E-state index is 0.989. The highest BCUT2D eigenvalue weighted by Crippen LogP contribution is 2.22. The molecule has 0 saturated heterocycles. The molecule has 1 aromatic heterocycles. The van der Waals surface area contributed by atoms with Gasteiger partial charge in [0.25, 0.3) is 0 Å². The van der Waals surface area contributed by atoms with E-state index in [0.717, 1.165) is 19.6 Å². The Kier molecular flexibility index (Phi) is 6.81. The summed E-state index contributed by atoms with van der Waals surface area (Å²) in [7, 11) is 0. The van der Waals surface area contributed by atoms with Gasteiger partial charge in [-0.15, -0.1) is 0 Å². The first kappa shape index (κ1) is 16.1. The third-order valence-electron chi connectivity index (χ3n) is 4.15. The molecule has 0 atom stereocenters. The topological polar surface area (TPSA) is 17.0 Å². The van der Waals surface area contributed by atoms with Crippen LogP contribution in [-0.4, -0.2) is 11.1 Å². The Labute approximate surface area is 129 Å². The maximum Gasteiger partial charge on any atom is 0.0483 e. The lowest BCUT2D eigenvalue weighted by atomic mass is 10.2. The van der Waals surface area contributed by atoms with Crippen molar-refractivity contribution in [2.75, 3.05) is 6.54 Å². The number of hydrogen-bond acceptors (Lipinski definition) is 1. The maximum absolute atomic E-state index is 3.57. The number of rotatable bonds is 10. The summed E-state index contributed by atoms with van der Waals surface area (Å²) in [5.41, 5.74) is 2.83. The van der Waals surface area contributed by atoms with Gasteiger partial charge >= 0.3 is 0 Å². The van der Waals surface area contributed by atoms with Crippen LogP contribution >= 0.6 is 0 Å². The molecule has 2 aromatic rings. The molecule has 2 nitrogen and oxygen atoms in total. The molecule has 1 heterocycles. The molecular formula is C19H30N2. The average Bonchev–Trinajstić information content (AvgIpc) is 2.87. The molecule has 0 fully saturated rings. The Morgan fingerprint density at radius 3 is 2.57 bits per heavy atom. The van der Waals surface area contributed by atoms with Gasteiger partial charge in [-0.05, 0) is 31.0 Å². The van der Waals surface area contributed by atoms with Crippen molar-refractivity contribution in [3.63, 3.8) is 0 Å². The Morgan fingerprint density at radius 1 is 0.952 bits per heavy atom. The lowest BCUT2D eigenvalue weighted by molar-refractivity contribution is 0.590. The SMILES string of the molecule is CCCCCCn1cc(CNCCCC)c2ccccc21. The maximum atomic E-state index is 3.57. The van der Waals surface area contributed by atoms with Crippen molar-refractivity contribution >= 4 is 10.9 Å². The molecule has 1 aromatic carbocycles. The highest BCUT2D eigenvalue weighted by molar-refractivity contribution is 5.83. The van der Waals surface area contributed by atoms with E-state index in [1.165, 1.54) is 55.0 Å². The van der Waals surface area contributed by atoms with Gasteiger partial charge < -0.3 is 9.88 Å². The van der Waals surface area contributed by atoms with E-state index in [4.69, 9.17) is 0 Å². The molecule has 2 heteroatoms. The molecule has 0 aliphatic heterocycles. The van der Waals surface area contributed by atoms with Crippen LogP contribution in [0.25, 0.3) is 10.9 Å². The van der Waals surface area contributed by atoms with E-state index in [2.05, 4.69) is 54.2 Å². The molecule has 0 unspecified atom stereocenters. The number of fused-ring (bicyclic) bond motifs is 1. The first-order valence-electron chi connectivity index (χ1n) is 8.64. The highest BCUT2D eigenvalue weighted by Gasteiger charge is 2.07. The van der Waals surface area contributed by atoms with Gasteiger partial charge in [0, 0.05) is 30.2 Å². The third-order valence-corrected chi connectivity index (χ3v) is 4.15. The molecule has 0 spiro atoms. The lowest BCUT2D eigenvalue weighted by Gasteiger charge is -2.04. The zero-order valence-corrected chi connectivity index (χ0v) is 13.7. The van der Waals surface area contributed by atoms with Gasteiger partial charge in [-0.1, -0.05) is 57.7 Å². The van der Waals surface area contributed by atoms with E-state index in [9.17, 15) is 0 Å². The van der Waals surface area contributed by atoms with Gasteiger partial charge in [-0.25, -0.2) is 0 Å². The Bertz CT molecular complexity index is 481. The van der Waals surface area contributed by atoms with Gasteiger partial charge in [0.15, 0.2) is 0 Å². The average molecular weight is 286 g/mol. The molecule has 0 amide bonds. The van der Waals surface area contributed by atoms with Crippen molar-refractivity contribution in [1.29, 1.82) is 0 Å². The molecule has 21 heavy (non-hydrogen) atoms. The number of nitrogens with one attached hydrogen (secondary N) is 1. The van der Waals surface area contributed by atoms with Crippen molar-refractivity contribution in [2.45, 2.75) is 65.5 Å². The van der Waals surface area contributed by atoms with Gasteiger partial charge in [0.1, 0.15) is 0 Å². The molecule has 0 saturated carbocycles. The van der Waals surface area contributed by atoms with Crippen molar-refractivity contribution in [3.05, 3.63) is 36.0 Å². The second-order valence-electron chi connectivity index (χ2n) is 5.96. The zero-order valence-electron chi connectivity index (χ0n) is 13.7. The van der Waals surface area contributed by atoms with Crippen LogP contribution in [0, 0.1) is 0 Å². The van der Waals surface area contributed by atoms with Crippen LogP contribution in [0.5, 0.6) is 0 Å². The van der Waals surface area contributed by atoms with Crippen LogP contribution in [0.1, 0.15) is 57.9 Å². The first-order valence-corrected chi connectivity index (χ1v) is 8.64. The van der Waals surface area contributed by atoms with E-state index in [-0.39, 0.29) is 0 Å². The molecular weight excluding hydrogens is 256 g/mol. The summed E-state index contributed by atoms with van der Waals surface area (Å²) in [5, 5.41) is 4.99. The van der Waals surface area contributed by atoms with Gasteiger partial charge in [0.05, 0.1) is 0 Å². The summed E-state index contributed by atoms with van der Waals surface area (Å²) >= 11 is 0. The minimum Gasteiger partial charge on any atom is -0.347 e. The third kappa shape index (κ3) is 4.60. The number of benzene rings is 1. The van der Waals surface area contributed by atoms with Gasteiger partial charge in [0.2, 0.25) is 0 Å². The molecule has 2 rings (SSSR count). The van der Waals surface area contributed by atoms with E-state index in [1.54, 1.807) is 0 Å².